The Morgan fingerprint density at radius 1 is 1.30 bits per heavy atom. The van der Waals surface area contributed by atoms with Crippen molar-refractivity contribution < 1.29 is 23.1 Å². The Balaban J connectivity index is 2.33. The van der Waals surface area contributed by atoms with Gasteiger partial charge in [-0.3, -0.25) is 9.48 Å². The zero-order valence-electron chi connectivity index (χ0n) is 13.9. The van der Waals surface area contributed by atoms with Crippen LogP contribution in [-0.4, -0.2) is 44.0 Å². The lowest BCUT2D eigenvalue weighted by molar-refractivity contribution is -0.250. The van der Waals surface area contributed by atoms with Gasteiger partial charge in [-0.15, -0.1) is 0 Å². The molecule has 0 saturated carbocycles. The number of rotatable bonds is 1. The van der Waals surface area contributed by atoms with Gasteiger partial charge in [-0.2, -0.15) is 18.3 Å². The van der Waals surface area contributed by atoms with E-state index < -0.39 is 17.7 Å². The van der Waals surface area contributed by atoms with Crippen LogP contribution in [0.3, 0.4) is 0 Å². The molecule has 1 aromatic rings. The quantitative estimate of drug-likeness (QED) is 0.858. The minimum atomic E-state index is -5.01. The maximum atomic E-state index is 12.9. The first-order chi connectivity index (χ1) is 10.3. The third-order valence-electron chi connectivity index (χ3n) is 4.10. The number of hydrogen-bond acceptors (Lipinski definition) is 3. The fraction of sp³-hybridized carbons (Fsp3) is 0.733. The van der Waals surface area contributed by atoms with Crippen LogP contribution in [0.15, 0.2) is 6.20 Å². The van der Waals surface area contributed by atoms with Gasteiger partial charge in [-0.25, -0.2) is 0 Å². The molecule has 1 unspecified atom stereocenters. The number of carbonyl (C=O) groups is 1. The first kappa shape index (κ1) is 17.8. The fourth-order valence-electron chi connectivity index (χ4n) is 2.84. The molecule has 5 nitrogen and oxygen atoms in total. The van der Waals surface area contributed by atoms with Crippen molar-refractivity contribution in [1.82, 2.24) is 14.7 Å². The summed E-state index contributed by atoms with van der Waals surface area (Å²) in [6.07, 6.45) is -3.43. The number of hydrogen-bond donors (Lipinski definition) is 1. The van der Waals surface area contributed by atoms with E-state index in [1.165, 1.54) is 0 Å². The number of aromatic nitrogens is 2. The standard InChI is InChI=1S/C15H22F3N3O2/c1-9-7-20(12(22)14(5,23)15(16,17)18)8-10-6-19-21(11(9)10)13(2,3)4/h6,9,23H,7-8H2,1-5H3/t9-,14?/m0/s1. The highest BCUT2D eigenvalue weighted by Gasteiger charge is 2.57. The van der Waals surface area contributed by atoms with Crippen LogP contribution >= 0.6 is 0 Å². The van der Waals surface area contributed by atoms with E-state index in [1.807, 2.05) is 32.4 Å². The van der Waals surface area contributed by atoms with Crippen molar-refractivity contribution in [1.29, 1.82) is 0 Å². The number of carbonyl (C=O) groups excluding carboxylic acids is 1. The SMILES string of the molecule is C[C@H]1CN(C(=O)C(C)(O)C(F)(F)F)Cc2cnn(C(C)(C)C)c21. The predicted molar refractivity (Wildman–Crippen MR) is 77.7 cm³/mol. The summed E-state index contributed by atoms with van der Waals surface area (Å²) in [5, 5.41) is 13.9. The van der Waals surface area contributed by atoms with E-state index in [2.05, 4.69) is 5.10 Å². The highest BCUT2D eigenvalue weighted by molar-refractivity contribution is 5.85. The van der Waals surface area contributed by atoms with Gasteiger partial charge in [0.25, 0.3) is 5.91 Å². The normalized spacial score (nSPS) is 21.8. The van der Waals surface area contributed by atoms with Crippen LogP contribution in [0, 0.1) is 0 Å². The van der Waals surface area contributed by atoms with Gasteiger partial charge in [-0.1, -0.05) is 6.92 Å². The molecule has 0 fully saturated rings. The molecular formula is C15H22F3N3O2. The summed E-state index contributed by atoms with van der Waals surface area (Å²) >= 11 is 0. The summed E-state index contributed by atoms with van der Waals surface area (Å²) < 4.78 is 40.5. The van der Waals surface area contributed by atoms with Crippen LogP contribution < -0.4 is 0 Å². The average molecular weight is 333 g/mol. The van der Waals surface area contributed by atoms with Crippen molar-refractivity contribution in [2.24, 2.45) is 0 Å². The molecular weight excluding hydrogens is 311 g/mol. The zero-order valence-corrected chi connectivity index (χ0v) is 13.9. The van der Waals surface area contributed by atoms with Crippen LogP contribution in [0.2, 0.25) is 0 Å². The van der Waals surface area contributed by atoms with Gasteiger partial charge in [0.05, 0.1) is 11.7 Å². The van der Waals surface area contributed by atoms with Crippen LogP contribution in [0.4, 0.5) is 13.2 Å². The molecule has 0 spiro atoms. The Kier molecular flexibility index (Phi) is 4.04. The van der Waals surface area contributed by atoms with Crippen molar-refractivity contribution in [3.8, 4) is 0 Å². The second kappa shape index (κ2) is 5.22. The number of halogens is 3. The van der Waals surface area contributed by atoms with Crippen molar-refractivity contribution >= 4 is 5.91 Å². The molecule has 0 saturated heterocycles. The summed E-state index contributed by atoms with van der Waals surface area (Å²) in [6, 6.07) is 0. The van der Waals surface area contributed by atoms with Crippen molar-refractivity contribution in [2.45, 2.75) is 64.4 Å². The number of amides is 1. The zero-order chi connectivity index (χ0) is 17.8. The van der Waals surface area contributed by atoms with Crippen LogP contribution in [-0.2, 0) is 16.9 Å². The lowest BCUT2D eigenvalue weighted by Crippen LogP contribution is -2.57. The molecule has 0 bridgehead atoms. The van der Waals surface area contributed by atoms with Gasteiger partial charge in [0.1, 0.15) is 0 Å². The molecule has 1 N–H and O–H groups in total. The molecule has 0 radical (unpaired) electrons. The first-order valence-electron chi connectivity index (χ1n) is 7.42. The second-order valence-corrected chi connectivity index (χ2v) is 7.29. The molecule has 1 aliphatic rings. The number of aliphatic hydroxyl groups is 1. The van der Waals surface area contributed by atoms with Gasteiger partial charge in [0.15, 0.2) is 0 Å². The van der Waals surface area contributed by atoms with Gasteiger partial charge < -0.3 is 10.0 Å². The molecule has 0 aromatic carbocycles. The third kappa shape index (κ3) is 2.96. The lowest BCUT2D eigenvalue weighted by atomic mass is 9.94. The molecule has 1 aromatic heterocycles. The topological polar surface area (TPSA) is 58.4 Å². The Labute approximate surface area is 133 Å². The van der Waals surface area contributed by atoms with E-state index in [1.54, 1.807) is 6.20 Å². The minimum absolute atomic E-state index is 0.0147. The van der Waals surface area contributed by atoms with Crippen LogP contribution in [0.25, 0.3) is 0 Å². The summed E-state index contributed by atoms with van der Waals surface area (Å²) in [5.74, 6) is -1.50. The van der Waals surface area contributed by atoms with Crippen LogP contribution in [0.1, 0.15) is 51.8 Å². The predicted octanol–water partition coefficient (Wildman–Crippen LogP) is 2.40. The third-order valence-corrected chi connectivity index (χ3v) is 4.10. The highest BCUT2D eigenvalue weighted by atomic mass is 19.4. The molecule has 2 atom stereocenters. The van der Waals surface area contributed by atoms with E-state index in [-0.39, 0.29) is 24.5 Å². The molecule has 2 heterocycles. The fourth-order valence-corrected chi connectivity index (χ4v) is 2.84. The number of alkyl halides is 3. The molecule has 2 rings (SSSR count). The smallest absolute Gasteiger partial charge is 0.373 e. The van der Waals surface area contributed by atoms with E-state index in [0.717, 1.165) is 10.6 Å². The van der Waals surface area contributed by atoms with E-state index >= 15 is 0 Å². The average Bonchev–Trinajstić information content (AvgIpc) is 2.80. The maximum absolute atomic E-state index is 12.9. The van der Waals surface area contributed by atoms with E-state index in [9.17, 15) is 23.1 Å². The minimum Gasteiger partial charge on any atom is -0.373 e. The van der Waals surface area contributed by atoms with E-state index in [4.69, 9.17) is 0 Å². The van der Waals surface area contributed by atoms with Gasteiger partial charge in [0, 0.05) is 30.3 Å². The summed E-state index contributed by atoms with van der Waals surface area (Å²) in [5.41, 5.74) is -2.01. The monoisotopic (exact) mass is 333 g/mol. The molecule has 1 amide bonds. The number of fused-ring (bicyclic) bond motifs is 1. The van der Waals surface area contributed by atoms with Crippen molar-refractivity contribution in [2.75, 3.05) is 6.54 Å². The molecule has 8 heteroatoms. The van der Waals surface area contributed by atoms with Crippen molar-refractivity contribution in [3.05, 3.63) is 17.5 Å². The second-order valence-electron chi connectivity index (χ2n) is 7.29. The van der Waals surface area contributed by atoms with Gasteiger partial charge >= 0.3 is 6.18 Å². The lowest BCUT2D eigenvalue weighted by Gasteiger charge is -2.37. The molecule has 23 heavy (non-hydrogen) atoms. The molecule has 130 valence electrons. The first-order valence-corrected chi connectivity index (χ1v) is 7.42. The maximum Gasteiger partial charge on any atom is 0.426 e. The Morgan fingerprint density at radius 3 is 2.35 bits per heavy atom. The molecule has 0 aliphatic carbocycles. The Morgan fingerprint density at radius 2 is 1.87 bits per heavy atom. The van der Waals surface area contributed by atoms with Crippen LogP contribution in [0.5, 0.6) is 0 Å². The summed E-state index contributed by atoms with van der Waals surface area (Å²) in [4.78, 5) is 13.2. The van der Waals surface area contributed by atoms with Gasteiger partial charge in [-0.05, 0) is 27.7 Å². The molecule has 1 aliphatic heterocycles. The Bertz CT molecular complexity index is 614. The van der Waals surface area contributed by atoms with E-state index in [0.29, 0.717) is 12.5 Å². The highest BCUT2D eigenvalue weighted by Crippen LogP contribution is 2.36. The summed E-state index contributed by atoms with van der Waals surface area (Å²) in [6.45, 7) is 8.41. The number of nitrogens with zero attached hydrogens (tertiary/aromatic N) is 3. The summed E-state index contributed by atoms with van der Waals surface area (Å²) in [7, 11) is 0. The van der Waals surface area contributed by atoms with Crippen molar-refractivity contribution in [3.63, 3.8) is 0 Å². The Hall–Kier alpha value is -1.57. The largest absolute Gasteiger partial charge is 0.426 e. The van der Waals surface area contributed by atoms with Gasteiger partial charge in [0.2, 0.25) is 5.60 Å².